The van der Waals surface area contributed by atoms with E-state index in [1.165, 1.54) is 4.80 Å². The van der Waals surface area contributed by atoms with Gasteiger partial charge in [0.25, 0.3) is 0 Å². The minimum atomic E-state index is -0.327. The number of aliphatic hydroxyl groups is 1. The summed E-state index contributed by atoms with van der Waals surface area (Å²) in [7, 11) is 0. The average molecular weight is 432 g/mol. The number of benzene rings is 2. The summed E-state index contributed by atoms with van der Waals surface area (Å²) < 4.78 is 5.10. The van der Waals surface area contributed by atoms with Crippen molar-refractivity contribution >= 4 is 28.6 Å². The van der Waals surface area contributed by atoms with E-state index in [1.54, 1.807) is 24.3 Å². The lowest BCUT2D eigenvalue weighted by atomic mass is 9.84. The number of carbonyl (C=O) groups excluding carboxylic acids is 1. The highest BCUT2D eigenvalue weighted by Crippen LogP contribution is 2.36. The molecule has 0 aliphatic rings. The van der Waals surface area contributed by atoms with Crippen molar-refractivity contribution in [3.05, 3.63) is 46.5 Å². The van der Waals surface area contributed by atoms with Crippen LogP contribution in [0.25, 0.3) is 16.7 Å². The van der Waals surface area contributed by atoms with E-state index in [0.717, 1.165) is 11.1 Å². The van der Waals surface area contributed by atoms with Gasteiger partial charge in [0.2, 0.25) is 0 Å². The molecule has 0 unspecified atom stereocenters. The molecule has 0 aliphatic carbocycles. The van der Waals surface area contributed by atoms with Gasteiger partial charge >= 0.3 is 5.97 Å². The highest BCUT2D eigenvalue weighted by atomic mass is 35.5. The normalized spacial score (nSPS) is 11.8. The van der Waals surface area contributed by atoms with Crippen molar-refractivity contribution in [3.8, 4) is 11.4 Å². The Morgan fingerprint density at radius 1 is 1.17 bits per heavy atom. The number of aliphatic hydroxyl groups excluding tert-OH is 1. The number of fused-ring (bicyclic) bond motifs is 1. The molecule has 1 aromatic heterocycles. The number of aromatic hydroxyl groups is 1. The summed E-state index contributed by atoms with van der Waals surface area (Å²) in [4.78, 5) is 13.3. The lowest BCUT2D eigenvalue weighted by molar-refractivity contribution is -0.143. The molecule has 0 aliphatic heterocycles. The third kappa shape index (κ3) is 5.09. The number of hydrogen-bond acceptors (Lipinski definition) is 6. The highest BCUT2D eigenvalue weighted by molar-refractivity contribution is 6.31. The van der Waals surface area contributed by atoms with Crippen molar-refractivity contribution in [1.82, 2.24) is 15.0 Å². The fraction of sp³-hybridized carbons (Fsp3) is 0.409. The van der Waals surface area contributed by atoms with Crippen molar-refractivity contribution in [2.45, 2.75) is 45.4 Å². The molecule has 3 aromatic rings. The predicted molar refractivity (Wildman–Crippen MR) is 115 cm³/mol. The van der Waals surface area contributed by atoms with Crippen LogP contribution in [0.3, 0.4) is 0 Å². The van der Waals surface area contributed by atoms with Crippen LogP contribution in [0.2, 0.25) is 5.02 Å². The molecule has 0 spiro atoms. The third-order valence-corrected chi connectivity index (χ3v) is 4.93. The first kappa shape index (κ1) is 22.1. The zero-order valence-corrected chi connectivity index (χ0v) is 18.1. The summed E-state index contributed by atoms with van der Waals surface area (Å²) in [6.07, 6.45) is 1.07. The summed E-state index contributed by atoms with van der Waals surface area (Å²) >= 11 is 6.05. The van der Waals surface area contributed by atoms with E-state index >= 15 is 0 Å². The summed E-state index contributed by atoms with van der Waals surface area (Å²) in [5.41, 5.74) is 3.01. The molecule has 0 fully saturated rings. The number of hydrogen-bond donors (Lipinski definition) is 2. The molecule has 7 nitrogen and oxygen atoms in total. The number of carbonyl (C=O) groups is 1. The van der Waals surface area contributed by atoms with Crippen LogP contribution in [-0.4, -0.2) is 44.4 Å². The Morgan fingerprint density at radius 2 is 1.90 bits per heavy atom. The molecule has 3 rings (SSSR count). The number of nitrogens with zero attached hydrogens (tertiary/aromatic N) is 3. The fourth-order valence-electron chi connectivity index (χ4n) is 3.11. The van der Waals surface area contributed by atoms with Crippen LogP contribution in [0.15, 0.2) is 30.3 Å². The number of aryl methyl sites for hydroxylation is 1. The zero-order chi connectivity index (χ0) is 21.9. The number of aromatic nitrogens is 3. The Morgan fingerprint density at radius 3 is 2.60 bits per heavy atom. The van der Waals surface area contributed by atoms with Crippen molar-refractivity contribution in [2.24, 2.45) is 0 Å². The van der Waals surface area contributed by atoms with E-state index in [0.29, 0.717) is 34.6 Å². The van der Waals surface area contributed by atoms with Gasteiger partial charge in [-0.15, -0.1) is 15.0 Å². The van der Waals surface area contributed by atoms with Crippen molar-refractivity contribution in [1.29, 1.82) is 0 Å². The molecule has 0 saturated heterocycles. The van der Waals surface area contributed by atoms with E-state index < -0.39 is 0 Å². The second-order valence-corrected chi connectivity index (χ2v) is 8.62. The summed E-state index contributed by atoms with van der Waals surface area (Å²) in [6.45, 7) is 6.21. The molecule has 160 valence electrons. The lowest BCUT2D eigenvalue weighted by Crippen LogP contribution is -2.14. The monoisotopic (exact) mass is 431 g/mol. The number of phenolic OH excluding ortho intramolecular Hbond substituents is 1. The van der Waals surface area contributed by atoms with Gasteiger partial charge in [-0.2, -0.15) is 0 Å². The Balaban J connectivity index is 1.95. The van der Waals surface area contributed by atoms with Gasteiger partial charge in [0.15, 0.2) is 0 Å². The van der Waals surface area contributed by atoms with E-state index in [2.05, 4.69) is 10.2 Å². The predicted octanol–water partition coefficient (Wildman–Crippen LogP) is 3.94. The molecule has 0 radical (unpaired) electrons. The van der Waals surface area contributed by atoms with Gasteiger partial charge in [-0.05, 0) is 41.7 Å². The average Bonchev–Trinajstić information content (AvgIpc) is 3.09. The number of phenols is 1. The minimum Gasteiger partial charge on any atom is -0.505 e. The van der Waals surface area contributed by atoms with Gasteiger partial charge < -0.3 is 14.9 Å². The molecule has 0 amide bonds. The fourth-order valence-corrected chi connectivity index (χ4v) is 3.28. The smallest absolute Gasteiger partial charge is 0.306 e. The van der Waals surface area contributed by atoms with Gasteiger partial charge in [-0.1, -0.05) is 38.4 Å². The molecule has 8 heteroatoms. The van der Waals surface area contributed by atoms with Crippen LogP contribution >= 0.6 is 11.6 Å². The molecule has 1 heterocycles. The van der Waals surface area contributed by atoms with Crippen molar-refractivity contribution in [3.63, 3.8) is 0 Å². The Kier molecular flexibility index (Phi) is 6.63. The van der Waals surface area contributed by atoms with E-state index in [1.807, 2.05) is 26.8 Å². The first-order valence-electron chi connectivity index (χ1n) is 9.85. The Hall–Kier alpha value is -2.64. The first-order valence-corrected chi connectivity index (χ1v) is 10.2. The Bertz CT molecular complexity index is 1060. The topological polar surface area (TPSA) is 97.5 Å². The lowest BCUT2D eigenvalue weighted by Gasteiger charge is -2.23. The molecule has 30 heavy (non-hydrogen) atoms. The van der Waals surface area contributed by atoms with Crippen molar-refractivity contribution in [2.75, 3.05) is 13.2 Å². The van der Waals surface area contributed by atoms with Crippen LogP contribution in [0.1, 0.15) is 44.7 Å². The van der Waals surface area contributed by atoms with Crippen LogP contribution < -0.4 is 0 Å². The van der Waals surface area contributed by atoms with Gasteiger partial charge in [-0.3, -0.25) is 4.79 Å². The maximum absolute atomic E-state index is 11.9. The van der Waals surface area contributed by atoms with E-state index in [4.69, 9.17) is 21.4 Å². The highest BCUT2D eigenvalue weighted by Gasteiger charge is 2.23. The van der Waals surface area contributed by atoms with Crippen LogP contribution in [-0.2, 0) is 21.4 Å². The number of halogens is 1. The quantitative estimate of drug-likeness (QED) is 0.434. The van der Waals surface area contributed by atoms with E-state index in [9.17, 15) is 9.90 Å². The first-order chi connectivity index (χ1) is 14.2. The summed E-state index contributed by atoms with van der Waals surface area (Å²) in [6, 6.07) is 8.91. The standard InChI is InChI=1S/C22H26ClN3O4/c1-22(2,3)16-11-14(5-8-20(28)30-10-4-9-27)12-19(21(16)29)26-24-17-7-6-15(23)13-18(17)25-26/h6-7,11-13,27,29H,4-5,8-10H2,1-3H3. The summed E-state index contributed by atoms with van der Waals surface area (Å²) in [5.74, 6) is -0.226. The summed E-state index contributed by atoms with van der Waals surface area (Å²) in [5, 5.41) is 29.2. The second-order valence-electron chi connectivity index (χ2n) is 8.18. The zero-order valence-electron chi connectivity index (χ0n) is 17.4. The molecule has 2 aromatic carbocycles. The van der Waals surface area contributed by atoms with Crippen molar-refractivity contribution < 1.29 is 19.7 Å². The largest absolute Gasteiger partial charge is 0.505 e. The van der Waals surface area contributed by atoms with Gasteiger partial charge in [-0.25, -0.2) is 0 Å². The maximum Gasteiger partial charge on any atom is 0.306 e. The Labute approximate surface area is 180 Å². The molecule has 0 saturated carbocycles. The minimum absolute atomic E-state index is 0.0139. The maximum atomic E-state index is 11.9. The molecule has 2 N–H and O–H groups in total. The number of ether oxygens (including phenoxy) is 1. The van der Waals surface area contributed by atoms with Crippen LogP contribution in [0, 0.1) is 0 Å². The third-order valence-electron chi connectivity index (χ3n) is 4.70. The molecule has 0 atom stereocenters. The molecule has 0 bridgehead atoms. The van der Waals surface area contributed by atoms with Crippen LogP contribution in [0.4, 0.5) is 0 Å². The van der Waals surface area contributed by atoms with E-state index in [-0.39, 0.29) is 36.8 Å². The van der Waals surface area contributed by atoms with Crippen LogP contribution in [0.5, 0.6) is 5.75 Å². The molecular weight excluding hydrogens is 406 g/mol. The van der Waals surface area contributed by atoms with Gasteiger partial charge in [0.05, 0.1) is 6.61 Å². The van der Waals surface area contributed by atoms with Gasteiger partial charge in [0, 0.05) is 30.0 Å². The number of esters is 1. The number of rotatable bonds is 7. The van der Waals surface area contributed by atoms with Gasteiger partial charge in [0.1, 0.15) is 22.5 Å². The molecular formula is C22H26ClN3O4. The second kappa shape index (κ2) is 9.02. The SMILES string of the molecule is CC(C)(C)c1cc(CCC(=O)OCCCO)cc(-n2nc3ccc(Cl)cc3n2)c1O.